The normalized spacial score (nSPS) is 20.1. The highest BCUT2D eigenvalue weighted by molar-refractivity contribution is 14.0. The first-order valence-electron chi connectivity index (χ1n) is 11.5. The lowest BCUT2D eigenvalue weighted by Gasteiger charge is -2.34. The smallest absolute Gasteiger partial charge is 0.191 e. The van der Waals surface area contributed by atoms with Crippen molar-refractivity contribution in [2.75, 3.05) is 72.5 Å². The molecule has 2 aliphatic heterocycles. The predicted octanol–water partition coefficient (Wildman–Crippen LogP) is 2.62. The number of nitrogens with zero attached hydrogens (tertiary/aromatic N) is 4. The first-order chi connectivity index (χ1) is 14.3. The fraction of sp³-hybridized carbons (Fsp3) is 0.773. The number of rotatable bonds is 10. The van der Waals surface area contributed by atoms with E-state index in [-0.39, 0.29) is 30.0 Å². The Morgan fingerprint density at radius 2 is 1.80 bits per heavy atom. The molecule has 2 N–H and O–H groups in total. The van der Waals surface area contributed by atoms with Crippen LogP contribution in [0.15, 0.2) is 27.8 Å². The highest BCUT2D eigenvalue weighted by atomic mass is 127. The van der Waals surface area contributed by atoms with E-state index in [9.17, 15) is 0 Å². The maximum atomic E-state index is 5.71. The van der Waals surface area contributed by atoms with Gasteiger partial charge in [-0.15, -0.1) is 24.0 Å². The molecule has 3 heterocycles. The van der Waals surface area contributed by atoms with E-state index in [0.29, 0.717) is 0 Å². The van der Waals surface area contributed by atoms with Gasteiger partial charge in [0, 0.05) is 46.3 Å². The number of halogens is 1. The van der Waals surface area contributed by atoms with Crippen LogP contribution in [0.1, 0.15) is 44.4 Å². The van der Waals surface area contributed by atoms with E-state index in [1.165, 1.54) is 65.0 Å². The van der Waals surface area contributed by atoms with Gasteiger partial charge in [-0.25, -0.2) is 0 Å². The fourth-order valence-electron chi connectivity index (χ4n) is 4.35. The topological polar surface area (TPSA) is 59.3 Å². The third-order valence-corrected chi connectivity index (χ3v) is 6.25. The number of hydrogen-bond donors (Lipinski definition) is 2. The lowest BCUT2D eigenvalue weighted by molar-refractivity contribution is 0.136. The summed E-state index contributed by atoms with van der Waals surface area (Å²) in [6.45, 7) is 13.6. The molecule has 1 aromatic heterocycles. The van der Waals surface area contributed by atoms with Gasteiger partial charge in [0.25, 0.3) is 0 Å². The zero-order valence-corrected chi connectivity index (χ0v) is 21.1. The summed E-state index contributed by atoms with van der Waals surface area (Å²) in [4.78, 5) is 12.0. The van der Waals surface area contributed by atoms with Gasteiger partial charge >= 0.3 is 0 Å². The molecule has 0 bridgehead atoms. The third kappa shape index (κ3) is 8.01. The molecule has 172 valence electrons. The second-order valence-electron chi connectivity index (χ2n) is 8.14. The number of piperazine rings is 1. The summed E-state index contributed by atoms with van der Waals surface area (Å²) in [7, 11) is 1.85. The summed E-state index contributed by atoms with van der Waals surface area (Å²) < 4.78 is 5.71. The largest absolute Gasteiger partial charge is 0.468 e. The van der Waals surface area contributed by atoms with Gasteiger partial charge in [0.15, 0.2) is 5.96 Å². The fourth-order valence-corrected chi connectivity index (χ4v) is 4.35. The summed E-state index contributed by atoms with van der Waals surface area (Å²) in [5.74, 6) is 1.93. The molecular formula is C22H41IN6O. The average molecular weight is 533 g/mol. The van der Waals surface area contributed by atoms with Crippen LogP contribution >= 0.6 is 24.0 Å². The van der Waals surface area contributed by atoms with Crippen LogP contribution in [0.25, 0.3) is 0 Å². The van der Waals surface area contributed by atoms with Crippen molar-refractivity contribution < 1.29 is 4.42 Å². The van der Waals surface area contributed by atoms with Gasteiger partial charge < -0.3 is 24.9 Å². The Hall–Kier alpha value is -0.840. The standard InChI is InChI=1S/C22H40N6O.HI/c1-3-26-14-16-27(17-15-26)11-5-4-10-24-22(23-2)25-19-20(21-9-8-18-29-21)28-12-6-7-13-28;/h8-9,18,20H,3-7,10-17,19H2,1-2H3,(H2,23,24,25);1H. The maximum absolute atomic E-state index is 5.71. The molecule has 0 aromatic carbocycles. The van der Waals surface area contributed by atoms with E-state index >= 15 is 0 Å². The monoisotopic (exact) mass is 532 g/mol. The average Bonchev–Trinajstić information content (AvgIpc) is 3.47. The third-order valence-electron chi connectivity index (χ3n) is 6.25. The molecule has 1 aromatic rings. The van der Waals surface area contributed by atoms with Crippen LogP contribution in [0.2, 0.25) is 0 Å². The Kier molecular flexibility index (Phi) is 12.1. The Morgan fingerprint density at radius 1 is 1.07 bits per heavy atom. The van der Waals surface area contributed by atoms with E-state index in [0.717, 1.165) is 37.9 Å². The van der Waals surface area contributed by atoms with Gasteiger partial charge in [-0.05, 0) is 64.0 Å². The van der Waals surface area contributed by atoms with E-state index in [2.05, 4.69) is 43.3 Å². The first kappa shape index (κ1) is 25.4. The van der Waals surface area contributed by atoms with Crippen molar-refractivity contribution in [3.63, 3.8) is 0 Å². The van der Waals surface area contributed by atoms with E-state index in [1.54, 1.807) is 6.26 Å². The zero-order valence-electron chi connectivity index (χ0n) is 18.8. The van der Waals surface area contributed by atoms with Gasteiger partial charge in [0.1, 0.15) is 5.76 Å². The van der Waals surface area contributed by atoms with Crippen molar-refractivity contribution in [3.8, 4) is 0 Å². The molecule has 0 spiro atoms. The molecule has 0 radical (unpaired) electrons. The quantitative estimate of drug-likeness (QED) is 0.209. The molecule has 7 nitrogen and oxygen atoms in total. The predicted molar refractivity (Wildman–Crippen MR) is 135 cm³/mol. The first-order valence-corrected chi connectivity index (χ1v) is 11.5. The van der Waals surface area contributed by atoms with E-state index in [1.807, 2.05) is 13.1 Å². The van der Waals surface area contributed by atoms with Crippen molar-refractivity contribution >= 4 is 29.9 Å². The Balaban J connectivity index is 0.00000320. The van der Waals surface area contributed by atoms with E-state index in [4.69, 9.17) is 4.42 Å². The molecule has 1 unspecified atom stereocenters. The molecule has 2 aliphatic rings. The molecule has 2 saturated heterocycles. The lowest BCUT2D eigenvalue weighted by atomic mass is 10.2. The van der Waals surface area contributed by atoms with Crippen molar-refractivity contribution in [2.45, 2.75) is 38.6 Å². The molecule has 1 atom stereocenters. The summed E-state index contributed by atoms with van der Waals surface area (Å²) in [6, 6.07) is 4.34. The number of hydrogen-bond acceptors (Lipinski definition) is 5. The lowest BCUT2D eigenvalue weighted by Crippen LogP contribution is -2.46. The minimum absolute atomic E-state index is 0. The van der Waals surface area contributed by atoms with Gasteiger partial charge in [-0.1, -0.05) is 6.92 Å². The second kappa shape index (κ2) is 14.3. The van der Waals surface area contributed by atoms with Crippen LogP contribution in [0.3, 0.4) is 0 Å². The number of furan rings is 1. The molecule has 0 aliphatic carbocycles. The number of unbranched alkanes of at least 4 members (excludes halogenated alkanes) is 1. The van der Waals surface area contributed by atoms with Crippen LogP contribution in [-0.2, 0) is 0 Å². The molecular weight excluding hydrogens is 491 g/mol. The highest BCUT2D eigenvalue weighted by Gasteiger charge is 2.25. The van der Waals surface area contributed by atoms with Gasteiger partial charge in [-0.3, -0.25) is 9.89 Å². The Morgan fingerprint density at radius 3 is 2.43 bits per heavy atom. The number of likely N-dealkylation sites (tertiary alicyclic amines) is 1. The molecule has 0 amide bonds. The van der Waals surface area contributed by atoms with Crippen molar-refractivity contribution in [3.05, 3.63) is 24.2 Å². The molecule has 30 heavy (non-hydrogen) atoms. The summed E-state index contributed by atoms with van der Waals surface area (Å²) in [5, 5.41) is 6.99. The minimum atomic E-state index is 0. The Bertz CT molecular complexity index is 582. The molecule has 2 fully saturated rings. The van der Waals surface area contributed by atoms with Crippen LogP contribution in [0, 0.1) is 0 Å². The van der Waals surface area contributed by atoms with Crippen LogP contribution in [0.5, 0.6) is 0 Å². The maximum Gasteiger partial charge on any atom is 0.191 e. The van der Waals surface area contributed by atoms with Crippen molar-refractivity contribution in [2.24, 2.45) is 4.99 Å². The SMILES string of the molecule is CCN1CCN(CCCCNC(=NC)NCC(c2ccco2)N2CCCC2)CC1.I. The summed E-state index contributed by atoms with van der Waals surface area (Å²) >= 11 is 0. The van der Waals surface area contributed by atoms with Gasteiger partial charge in [0.05, 0.1) is 12.3 Å². The highest BCUT2D eigenvalue weighted by Crippen LogP contribution is 2.24. The summed E-state index contributed by atoms with van der Waals surface area (Å²) in [6.07, 6.45) is 6.73. The number of likely N-dealkylation sites (N-methyl/N-ethyl adjacent to an activating group) is 1. The number of guanidine groups is 1. The second-order valence-corrected chi connectivity index (χ2v) is 8.14. The molecule has 8 heteroatoms. The zero-order chi connectivity index (χ0) is 20.3. The van der Waals surface area contributed by atoms with Gasteiger partial charge in [-0.2, -0.15) is 0 Å². The summed E-state index contributed by atoms with van der Waals surface area (Å²) in [5.41, 5.74) is 0. The number of nitrogens with one attached hydrogen (secondary N) is 2. The number of aliphatic imine (C=N–C) groups is 1. The minimum Gasteiger partial charge on any atom is -0.468 e. The van der Waals surface area contributed by atoms with Crippen LogP contribution in [-0.4, -0.2) is 93.2 Å². The Labute approximate surface area is 199 Å². The van der Waals surface area contributed by atoms with Gasteiger partial charge in [0.2, 0.25) is 0 Å². The molecule has 3 rings (SSSR count). The van der Waals surface area contributed by atoms with E-state index < -0.39 is 0 Å². The van der Waals surface area contributed by atoms with Crippen molar-refractivity contribution in [1.29, 1.82) is 0 Å². The molecule has 0 saturated carbocycles. The van der Waals surface area contributed by atoms with Crippen LogP contribution in [0.4, 0.5) is 0 Å². The van der Waals surface area contributed by atoms with Crippen molar-refractivity contribution in [1.82, 2.24) is 25.3 Å². The van der Waals surface area contributed by atoms with Crippen LogP contribution < -0.4 is 10.6 Å².